The van der Waals surface area contributed by atoms with Crippen molar-refractivity contribution < 1.29 is 4.79 Å². The van der Waals surface area contributed by atoms with Crippen LogP contribution in [0.4, 0.5) is 0 Å². The van der Waals surface area contributed by atoms with E-state index in [0.717, 1.165) is 50.6 Å². The highest BCUT2D eigenvalue weighted by atomic mass is 16.2. The Morgan fingerprint density at radius 1 is 1.35 bits per heavy atom. The minimum Gasteiger partial charge on any atom is -0.341 e. The molecule has 1 unspecified atom stereocenters. The molecule has 1 rings (SSSR count). The summed E-state index contributed by atoms with van der Waals surface area (Å²) in [6.45, 7) is 8.44. The first-order valence-electron chi connectivity index (χ1n) is 7.10. The predicted octanol–water partition coefficient (Wildman–Crippen LogP) is 2.40. The summed E-state index contributed by atoms with van der Waals surface area (Å²) in [5.74, 6) is 1.67. The van der Waals surface area contributed by atoms with Gasteiger partial charge in [0.05, 0.1) is 6.04 Å². The summed E-state index contributed by atoms with van der Waals surface area (Å²) in [4.78, 5) is 14.1. The molecule has 0 aromatic rings. The fraction of sp³-hybridized carbons (Fsp3) is 0.929. The van der Waals surface area contributed by atoms with Crippen LogP contribution in [0.3, 0.4) is 0 Å². The van der Waals surface area contributed by atoms with Crippen LogP contribution in [0, 0.1) is 11.8 Å². The third kappa shape index (κ3) is 4.30. The SMILES string of the molecule is CCC[C@@H](N)C(=O)N1CCCC(C(C)C)CC1. The Balaban J connectivity index is 2.48. The van der Waals surface area contributed by atoms with Crippen molar-refractivity contribution in [1.29, 1.82) is 0 Å². The van der Waals surface area contributed by atoms with Crippen LogP contribution in [0.2, 0.25) is 0 Å². The average Bonchev–Trinajstić information content (AvgIpc) is 2.53. The molecule has 100 valence electrons. The molecular formula is C14H28N2O. The molecule has 0 saturated carbocycles. The second kappa shape index (κ2) is 7.00. The van der Waals surface area contributed by atoms with Crippen molar-refractivity contribution in [2.45, 2.75) is 58.9 Å². The predicted molar refractivity (Wildman–Crippen MR) is 71.6 cm³/mol. The molecule has 0 spiro atoms. The maximum atomic E-state index is 12.1. The fourth-order valence-electron chi connectivity index (χ4n) is 2.68. The summed E-state index contributed by atoms with van der Waals surface area (Å²) < 4.78 is 0. The van der Waals surface area contributed by atoms with E-state index in [2.05, 4.69) is 20.8 Å². The molecule has 2 atom stereocenters. The van der Waals surface area contributed by atoms with E-state index in [4.69, 9.17) is 5.73 Å². The molecule has 1 amide bonds. The Hall–Kier alpha value is -0.570. The first kappa shape index (κ1) is 14.5. The molecule has 2 N–H and O–H groups in total. The van der Waals surface area contributed by atoms with Gasteiger partial charge in [-0.25, -0.2) is 0 Å². The van der Waals surface area contributed by atoms with Crippen LogP contribution in [0.1, 0.15) is 52.9 Å². The van der Waals surface area contributed by atoms with Crippen LogP contribution >= 0.6 is 0 Å². The van der Waals surface area contributed by atoms with Crippen LogP contribution in [0.15, 0.2) is 0 Å². The maximum absolute atomic E-state index is 12.1. The number of nitrogens with two attached hydrogens (primary N) is 1. The zero-order valence-electron chi connectivity index (χ0n) is 11.6. The molecule has 3 nitrogen and oxygen atoms in total. The number of rotatable bonds is 4. The van der Waals surface area contributed by atoms with E-state index in [0.29, 0.717) is 0 Å². The van der Waals surface area contributed by atoms with Gasteiger partial charge in [-0.1, -0.05) is 27.2 Å². The number of carbonyl (C=O) groups is 1. The second-order valence-electron chi connectivity index (χ2n) is 5.66. The van der Waals surface area contributed by atoms with Crippen molar-refractivity contribution in [3.05, 3.63) is 0 Å². The topological polar surface area (TPSA) is 46.3 Å². The fourth-order valence-corrected chi connectivity index (χ4v) is 2.68. The lowest BCUT2D eigenvalue weighted by Crippen LogP contribution is -2.44. The lowest BCUT2D eigenvalue weighted by Gasteiger charge is -2.24. The van der Waals surface area contributed by atoms with Gasteiger partial charge in [0.2, 0.25) is 5.91 Å². The molecule has 1 fully saturated rings. The van der Waals surface area contributed by atoms with Crippen molar-refractivity contribution >= 4 is 5.91 Å². The lowest BCUT2D eigenvalue weighted by molar-refractivity contribution is -0.132. The van der Waals surface area contributed by atoms with Crippen molar-refractivity contribution in [3.8, 4) is 0 Å². The monoisotopic (exact) mass is 240 g/mol. The minimum absolute atomic E-state index is 0.163. The van der Waals surface area contributed by atoms with Crippen molar-refractivity contribution in [3.63, 3.8) is 0 Å². The van der Waals surface area contributed by atoms with Gasteiger partial charge in [0.1, 0.15) is 0 Å². The maximum Gasteiger partial charge on any atom is 0.239 e. The van der Waals surface area contributed by atoms with Crippen LogP contribution < -0.4 is 5.73 Å². The van der Waals surface area contributed by atoms with Gasteiger partial charge in [0.15, 0.2) is 0 Å². The number of nitrogens with zero attached hydrogens (tertiary/aromatic N) is 1. The van der Waals surface area contributed by atoms with Gasteiger partial charge < -0.3 is 10.6 Å². The zero-order chi connectivity index (χ0) is 12.8. The van der Waals surface area contributed by atoms with Crippen LogP contribution in [0.25, 0.3) is 0 Å². The van der Waals surface area contributed by atoms with Gasteiger partial charge in [-0.2, -0.15) is 0 Å². The van der Waals surface area contributed by atoms with Crippen molar-refractivity contribution in [1.82, 2.24) is 4.90 Å². The highest BCUT2D eigenvalue weighted by Crippen LogP contribution is 2.24. The molecule has 0 aromatic heterocycles. The van der Waals surface area contributed by atoms with Gasteiger partial charge in [-0.3, -0.25) is 4.79 Å². The van der Waals surface area contributed by atoms with E-state index in [1.54, 1.807) is 0 Å². The Morgan fingerprint density at radius 3 is 2.65 bits per heavy atom. The summed E-state index contributed by atoms with van der Waals surface area (Å²) in [5.41, 5.74) is 5.91. The first-order chi connectivity index (χ1) is 8.06. The third-order valence-electron chi connectivity index (χ3n) is 3.94. The van der Waals surface area contributed by atoms with E-state index >= 15 is 0 Å². The summed E-state index contributed by atoms with van der Waals surface area (Å²) in [7, 11) is 0. The van der Waals surface area contributed by atoms with Gasteiger partial charge in [-0.15, -0.1) is 0 Å². The number of hydrogen-bond donors (Lipinski definition) is 1. The average molecular weight is 240 g/mol. The van der Waals surface area contributed by atoms with Crippen molar-refractivity contribution in [2.24, 2.45) is 17.6 Å². The van der Waals surface area contributed by atoms with Crippen LogP contribution in [-0.4, -0.2) is 29.9 Å². The standard InChI is InChI=1S/C14H28N2O/c1-4-6-13(15)14(17)16-9-5-7-12(8-10-16)11(2)3/h11-13H,4-10,15H2,1-3H3/t12?,13-/m1/s1. The third-order valence-corrected chi connectivity index (χ3v) is 3.94. The van der Waals surface area contributed by atoms with Crippen LogP contribution in [0.5, 0.6) is 0 Å². The Bertz CT molecular complexity index is 240. The van der Waals surface area contributed by atoms with Crippen molar-refractivity contribution in [2.75, 3.05) is 13.1 Å². The second-order valence-corrected chi connectivity index (χ2v) is 5.66. The molecule has 0 bridgehead atoms. The molecule has 3 heteroatoms. The molecule has 0 radical (unpaired) electrons. The van der Waals surface area contributed by atoms with Crippen LogP contribution in [-0.2, 0) is 4.79 Å². The van der Waals surface area contributed by atoms with E-state index in [1.807, 2.05) is 4.90 Å². The highest BCUT2D eigenvalue weighted by molar-refractivity contribution is 5.81. The Labute approximate surface area is 106 Å². The van der Waals surface area contributed by atoms with E-state index < -0.39 is 0 Å². The van der Waals surface area contributed by atoms with Gasteiger partial charge in [0.25, 0.3) is 0 Å². The van der Waals surface area contributed by atoms with E-state index in [9.17, 15) is 4.79 Å². The van der Waals surface area contributed by atoms with E-state index in [-0.39, 0.29) is 11.9 Å². The number of likely N-dealkylation sites (tertiary alicyclic amines) is 1. The summed E-state index contributed by atoms with van der Waals surface area (Å²) in [5, 5.41) is 0. The molecule has 1 aliphatic rings. The zero-order valence-corrected chi connectivity index (χ0v) is 11.6. The molecular weight excluding hydrogens is 212 g/mol. The largest absolute Gasteiger partial charge is 0.341 e. The highest BCUT2D eigenvalue weighted by Gasteiger charge is 2.24. The molecule has 17 heavy (non-hydrogen) atoms. The molecule has 0 aromatic carbocycles. The first-order valence-corrected chi connectivity index (χ1v) is 7.10. The Kier molecular flexibility index (Phi) is 5.96. The Morgan fingerprint density at radius 2 is 2.06 bits per heavy atom. The summed E-state index contributed by atoms with van der Waals surface area (Å²) >= 11 is 0. The summed E-state index contributed by atoms with van der Waals surface area (Å²) in [6, 6.07) is -0.282. The quantitative estimate of drug-likeness (QED) is 0.820. The van der Waals surface area contributed by atoms with E-state index in [1.165, 1.54) is 6.42 Å². The molecule has 1 aliphatic heterocycles. The van der Waals surface area contributed by atoms with Gasteiger partial charge in [0, 0.05) is 13.1 Å². The summed E-state index contributed by atoms with van der Waals surface area (Å²) in [6.07, 6.45) is 5.32. The molecule has 1 saturated heterocycles. The minimum atomic E-state index is -0.282. The normalized spacial score (nSPS) is 23.6. The van der Waals surface area contributed by atoms with Gasteiger partial charge >= 0.3 is 0 Å². The smallest absolute Gasteiger partial charge is 0.239 e. The van der Waals surface area contributed by atoms with Gasteiger partial charge in [-0.05, 0) is 37.5 Å². The number of amides is 1. The molecule has 0 aliphatic carbocycles. The molecule has 1 heterocycles. The number of carbonyl (C=O) groups excluding carboxylic acids is 1. The lowest BCUT2D eigenvalue weighted by atomic mass is 9.89. The number of hydrogen-bond acceptors (Lipinski definition) is 2.